The Labute approximate surface area is 420 Å². The van der Waals surface area contributed by atoms with Gasteiger partial charge in [-0.05, 0) is 13.8 Å². The molecule has 0 aliphatic carbocycles. The van der Waals surface area contributed by atoms with Gasteiger partial charge in [-0.1, -0.05) is 0 Å². The molecule has 0 saturated heterocycles. The van der Waals surface area contributed by atoms with Gasteiger partial charge in [0.15, 0.2) is 11.5 Å². The highest BCUT2D eigenvalue weighted by atomic mass is 32.1. The molecule has 0 spiro atoms. The minimum Gasteiger partial charge on any atom is -0.484 e. The molecule has 0 bridgehead atoms. The van der Waals surface area contributed by atoms with Gasteiger partial charge in [-0.15, -0.1) is 11.3 Å². The quantitative estimate of drug-likeness (QED) is 0.0855. The van der Waals surface area contributed by atoms with Crippen molar-refractivity contribution in [1.29, 1.82) is 0 Å². The lowest BCUT2D eigenvalue weighted by molar-refractivity contribution is -0.143. The van der Waals surface area contributed by atoms with Gasteiger partial charge in [-0.3, -0.25) is 4.79 Å². The molecule has 1 aliphatic rings. The Balaban J connectivity index is 1.42. The molecule has 0 aromatic carbocycles. The van der Waals surface area contributed by atoms with Crippen molar-refractivity contribution in [2.75, 3.05) is 259 Å². The molecule has 1 amide bonds. The number of ether oxygens (including phenoxy) is 20. The number of hydrogen-bond donors (Lipinski definition) is 0. The predicted molar refractivity (Wildman–Crippen MR) is 257 cm³/mol. The molecule has 1 atom stereocenters. The third-order valence-electron chi connectivity index (χ3n) is 9.46. The third kappa shape index (κ3) is 36.9. The van der Waals surface area contributed by atoms with E-state index in [-0.39, 0.29) is 12.5 Å². The fourth-order valence-electron chi connectivity index (χ4n) is 5.86. The summed E-state index contributed by atoms with van der Waals surface area (Å²) in [6.07, 6.45) is -0.764. The molecule has 2 rings (SSSR count). The van der Waals surface area contributed by atoms with Crippen LogP contribution in [0.2, 0.25) is 0 Å². The van der Waals surface area contributed by atoms with Gasteiger partial charge in [0.2, 0.25) is 6.10 Å². The lowest BCUT2D eigenvalue weighted by atomic mass is 10.2. The standard InChI is InChI=1S/C47H87NO21S/c1-42-45-46(43(2)70-42)69-44(41-68-45)47(49)48(5-7-52-13-15-56-21-23-60-29-31-64-37-39-66-35-33-62-27-25-58-19-17-54-11-9-50-3)6-8-53-14-16-57-22-24-61-30-32-65-38-40-67-36-34-63-28-26-59-20-18-55-12-10-51-4/h44H,5-41H2,1-4H3. The summed E-state index contributed by atoms with van der Waals surface area (Å²) < 4.78 is 111. The van der Waals surface area contributed by atoms with Crippen LogP contribution in [-0.2, 0) is 90.1 Å². The summed E-state index contributed by atoms with van der Waals surface area (Å²) in [5.74, 6) is 1.17. The van der Waals surface area contributed by atoms with E-state index in [0.29, 0.717) is 249 Å². The zero-order chi connectivity index (χ0) is 50.1. The average Bonchev–Trinajstić information content (AvgIpc) is 3.66. The first kappa shape index (κ1) is 64.2. The largest absolute Gasteiger partial charge is 0.484 e. The van der Waals surface area contributed by atoms with E-state index < -0.39 is 6.10 Å². The molecule has 70 heavy (non-hydrogen) atoms. The first-order valence-corrected chi connectivity index (χ1v) is 25.3. The Bertz CT molecular complexity index is 1230. The number of amides is 1. The zero-order valence-corrected chi connectivity index (χ0v) is 43.5. The Morgan fingerprint density at radius 1 is 0.386 bits per heavy atom. The van der Waals surface area contributed by atoms with E-state index in [1.54, 1.807) is 30.5 Å². The number of hydrogen-bond acceptors (Lipinski definition) is 22. The smallest absolute Gasteiger partial charge is 0.267 e. The monoisotopic (exact) mass is 1030 g/mol. The Morgan fingerprint density at radius 3 is 0.871 bits per heavy atom. The first-order chi connectivity index (χ1) is 34.6. The van der Waals surface area contributed by atoms with E-state index in [2.05, 4.69) is 0 Å². The fraction of sp³-hybridized carbons (Fsp3) is 0.894. The van der Waals surface area contributed by atoms with Crippen molar-refractivity contribution in [3.63, 3.8) is 0 Å². The van der Waals surface area contributed by atoms with E-state index >= 15 is 0 Å². The second-order valence-corrected chi connectivity index (χ2v) is 16.3. The molecule has 0 fully saturated rings. The molecular weight excluding hydrogens is 947 g/mol. The van der Waals surface area contributed by atoms with E-state index in [0.717, 1.165) is 9.75 Å². The van der Waals surface area contributed by atoms with E-state index in [4.69, 9.17) is 94.7 Å². The lowest BCUT2D eigenvalue weighted by Crippen LogP contribution is -2.48. The summed E-state index contributed by atoms with van der Waals surface area (Å²) in [6.45, 7) is 20.9. The van der Waals surface area contributed by atoms with Crippen LogP contribution in [0.25, 0.3) is 0 Å². The van der Waals surface area contributed by atoms with E-state index in [9.17, 15) is 4.79 Å². The van der Waals surface area contributed by atoms with Gasteiger partial charge in [0.25, 0.3) is 5.91 Å². The summed E-state index contributed by atoms with van der Waals surface area (Å²) in [5.41, 5.74) is 0. The van der Waals surface area contributed by atoms with Crippen LogP contribution in [0.3, 0.4) is 0 Å². The molecule has 22 nitrogen and oxygen atoms in total. The maximum Gasteiger partial charge on any atom is 0.267 e. The van der Waals surface area contributed by atoms with Crippen molar-refractivity contribution in [1.82, 2.24) is 4.90 Å². The van der Waals surface area contributed by atoms with Crippen LogP contribution in [-0.4, -0.2) is 275 Å². The van der Waals surface area contributed by atoms with Crippen LogP contribution in [0.5, 0.6) is 11.5 Å². The number of rotatable bonds is 55. The molecule has 2 heterocycles. The van der Waals surface area contributed by atoms with Crippen molar-refractivity contribution in [2.45, 2.75) is 20.0 Å². The minimum absolute atomic E-state index is 0.136. The van der Waals surface area contributed by atoms with Crippen molar-refractivity contribution >= 4 is 17.2 Å². The fourth-order valence-corrected chi connectivity index (χ4v) is 6.79. The molecule has 1 unspecified atom stereocenters. The van der Waals surface area contributed by atoms with Gasteiger partial charge in [0.1, 0.15) is 6.61 Å². The molecule has 1 aromatic rings. The van der Waals surface area contributed by atoms with E-state index in [1.807, 2.05) is 13.8 Å². The summed E-state index contributed by atoms with van der Waals surface area (Å²) in [6, 6.07) is 0. The summed E-state index contributed by atoms with van der Waals surface area (Å²) in [5, 5.41) is 0. The van der Waals surface area contributed by atoms with Gasteiger partial charge in [-0.2, -0.15) is 0 Å². The van der Waals surface area contributed by atoms with Gasteiger partial charge in [0.05, 0.1) is 225 Å². The number of carbonyl (C=O) groups excluding carboxylic acids is 1. The minimum atomic E-state index is -0.764. The van der Waals surface area contributed by atoms with Crippen LogP contribution in [0.15, 0.2) is 0 Å². The zero-order valence-electron chi connectivity index (χ0n) is 42.7. The Kier molecular flexibility index (Phi) is 45.2. The second kappa shape index (κ2) is 49.3. The number of aryl methyl sites for hydroxylation is 2. The van der Waals surface area contributed by atoms with Crippen molar-refractivity contribution in [3.05, 3.63) is 9.75 Å². The lowest BCUT2D eigenvalue weighted by Gasteiger charge is -2.30. The molecule has 412 valence electrons. The molecule has 1 aromatic heterocycles. The number of methoxy groups -OCH3 is 2. The van der Waals surface area contributed by atoms with Crippen LogP contribution < -0.4 is 9.47 Å². The van der Waals surface area contributed by atoms with Crippen LogP contribution >= 0.6 is 11.3 Å². The van der Waals surface area contributed by atoms with Crippen LogP contribution in [0.1, 0.15) is 9.75 Å². The average molecular weight is 1030 g/mol. The molecular formula is C47H87NO21S. The Hall–Kier alpha value is -1.95. The van der Waals surface area contributed by atoms with Gasteiger partial charge in [-0.25, -0.2) is 0 Å². The normalized spacial score (nSPS) is 13.5. The van der Waals surface area contributed by atoms with Crippen molar-refractivity contribution in [2.24, 2.45) is 0 Å². The molecule has 0 radical (unpaired) electrons. The highest BCUT2D eigenvalue weighted by molar-refractivity contribution is 7.12. The summed E-state index contributed by atoms with van der Waals surface area (Å²) in [4.78, 5) is 17.3. The molecule has 1 aliphatic heterocycles. The van der Waals surface area contributed by atoms with Gasteiger partial charge >= 0.3 is 0 Å². The van der Waals surface area contributed by atoms with E-state index in [1.165, 1.54) is 0 Å². The summed E-state index contributed by atoms with van der Waals surface area (Å²) >= 11 is 1.59. The molecule has 0 saturated carbocycles. The van der Waals surface area contributed by atoms with Crippen LogP contribution in [0.4, 0.5) is 0 Å². The van der Waals surface area contributed by atoms with Gasteiger partial charge < -0.3 is 99.6 Å². The van der Waals surface area contributed by atoms with Crippen LogP contribution in [0, 0.1) is 13.8 Å². The number of fused-ring (bicyclic) bond motifs is 1. The Morgan fingerprint density at radius 2 is 0.614 bits per heavy atom. The number of thiophene rings is 1. The van der Waals surface area contributed by atoms with Crippen molar-refractivity contribution < 1.29 is 99.5 Å². The highest BCUT2D eigenvalue weighted by Crippen LogP contribution is 2.44. The number of carbonyl (C=O) groups is 1. The topological polar surface area (TPSA) is 205 Å². The predicted octanol–water partition coefficient (Wildman–Crippen LogP) is 1.89. The number of nitrogens with zero attached hydrogens (tertiary/aromatic N) is 1. The first-order valence-electron chi connectivity index (χ1n) is 24.5. The third-order valence-corrected chi connectivity index (χ3v) is 10.4. The second-order valence-electron chi connectivity index (χ2n) is 14.9. The maximum atomic E-state index is 13.7. The van der Waals surface area contributed by atoms with Gasteiger partial charge in [0, 0.05) is 37.1 Å². The molecule has 23 heteroatoms. The summed E-state index contributed by atoms with van der Waals surface area (Å²) in [7, 11) is 3.28. The van der Waals surface area contributed by atoms with Crippen molar-refractivity contribution in [3.8, 4) is 11.5 Å². The maximum absolute atomic E-state index is 13.7. The molecule has 0 N–H and O–H groups in total. The SMILES string of the molecule is COCCOCCOCCOCCOCCOCCOCCOCCOCCN(CCOCCOCCOCCOCCOCCOCCOCCOCCOC)C(=O)C1COc2c(C)sc(C)c2O1. The highest BCUT2D eigenvalue weighted by Gasteiger charge is 2.33.